The normalized spacial score (nSPS) is 16.8. The van der Waals surface area contributed by atoms with Crippen molar-refractivity contribution >= 4 is 11.6 Å². The largest absolute Gasteiger partial charge is 0.359 e. The van der Waals surface area contributed by atoms with E-state index < -0.39 is 0 Å². The highest BCUT2D eigenvalue weighted by molar-refractivity contribution is 5.82. The molecule has 0 aromatic heterocycles. The van der Waals surface area contributed by atoms with Gasteiger partial charge in [0.15, 0.2) is 0 Å². The van der Waals surface area contributed by atoms with Crippen LogP contribution in [0.1, 0.15) is 24.5 Å². The van der Waals surface area contributed by atoms with Crippen LogP contribution in [0.15, 0.2) is 48.5 Å². The van der Waals surface area contributed by atoms with Crippen molar-refractivity contribution in [2.24, 2.45) is 0 Å². The van der Waals surface area contributed by atoms with Crippen molar-refractivity contribution in [3.05, 3.63) is 65.5 Å². The Hall–Kier alpha value is -2.36. The van der Waals surface area contributed by atoms with E-state index in [-0.39, 0.29) is 11.7 Å². The summed E-state index contributed by atoms with van der Waals surface area (Å²) < 4.78 is 12.9. The van der Waals surface area contributed by atoms with Gasteiger partial charge in [-0.05, 0) is 49.1 Å². The lowest BCUT2D eigenvalue weighted by Crippen LogP contribution is -2.44. The maximum atomic E-state index is 12.9. The Bertz CT molecular complexity index is 684. The summed E-state index contributed by atoms with van der Waals surface area (Å²) in [5.74, 6) is -0.281. The molecule has 2 aromatic rings. The zero-order chi connectivity index (χ0) is 16.2. The quantitative estimate of drug-likeness (QED) is 0.939. The summed E-state index contributed by atoms with van der Waals surface area (Å²) in [5, 5.41) is 2.91. The Morgan fingerprint density at radius 3 is 2.74 bits per heavy atom. The molecule has 1 amide bonds. The Morgan fingerprint density at radius 1 is 1.22 bits per heavy atom. The fourth-order valence-electron chi connectivity index (χ4n) is 3.01. The molecule has 0 saturated heterocycles. The van der Waals surface area contributed by atoms with Gasteiger partial charge in [-0.2, -0.15) is 0 Å². The van der Waals surface area contributed by atoms with Gasteiger partial charge >= 0.3 is 0 Å². The minimum absolute atomic E-state index is 0.0159. The average molecular weight is 312 g/mol. The zero-order valence-corrected chi connectivity index (χ0v) is 13.3. The van der Waals surface area contributed by atoms with E-state index in [9.17, 15) is 9.18 Å². The second-order valence-corrected chi connectivity index (χ2v) is 6.05. The topological polar surface area (TPSA) is 32.3 Å². The van der Waals surface area contributed by atoms with Gasteiger partial charge in [-0.3, -0.25) is 4.79 Å². The molecule has 4 heteroatoms. The molecule has 0 aliphatic carbocycles. The van der Waals surface area contributed by atoms with Crippen LogP contribution in [-0.4, -0.2) is 18.5 Å². The first-order valence-corrected chi connectivity index (χ1v) is 7.99. The van der Waals surface area contributed by atoms with E-state index in [0.717, 1.165) is 24.1 Å². The first-order chi connectivity index (χ1) is 11.1. The van der Waals surface area contributed by atoms with Crippen LogP contribution in [-0.2, 0) is 17.8 Å². The molecule has 0 radical (unpaired) electrons. The van der Waals surface area contributed by atoms with E-state index in [1.807, 2.05) is 12.1 Å². The number of carbonyl (C=O) groups excluding carboxylic acids is 1. The summed E-state index contributed by atoms with van der Waals surface area (Å²) in [6, 6.07) is 14.8. The van der Waals surface area contributed by atoms with Crippen molar-refractivity contribution < 1.29 is 9.18 Å². The number of aryl methyl sites for hydroxylation is 1. The number of hydrogen-bond acceptors (Lipinski definition) is 2. The Balaban J connectivity index is 1.62. The number of halogens is 1. The van der Waals surface area contributed by atoms with Gasteiger partial charge in [0.2, 0.25) is 5.91 Å². The van der Waals surface area contributed by atoms with Crippen molar-refractivity contribution in [3.63, 3.8) is 0 Å². The summed E-state index contributed by atoms with van der Waals surface area (Å²) in [5.41, 5.74) is 3.35. The van der Waals surface area contributed by atoms with E-state index in [4.69, 9.17) is 0 Å². The third-order valence-electron chi connectivity index (χ3n) is 4.38. The van der Waals surface area contributed by atoms with Crippen LogP contribution in [0.3, 0.4) is 0 Å². The standard InChI is InChI=1S/C19H21FN2O/c1-14-6-9-16-4-2-3-5-18(16)22(14)13-19(23)21-12-15-7-10-17(20)11-8-15/h2-5,7-8,10-11,14H,6,9,12-13H2,1H3,(H,21,23). The fraction of sp³-hybridized carbons (Fsp3) is 0.316. The summed E-state index contributed by atoms with van der Waals surface area (Å²) in [4.78, 5) is 14.4. The molecule has 3 nitrogen and oxygen atoms in total. The fourth-order valence-corrected chi connectivity index (χ4v) is 3.01. The van der Waals surface area contributed by atoms with E-state index in [1.165, 1.54) is 17.7 Å². The molecule has 2 aromatic carbocycles. The molecular weight excluding hydrogens is 291 g/mol. The second-order valence-electron chi connectivity index (χ2n) is 6.05. The Morgan fingerprint density at radius 2 is 1.96 bits per heavy atom. The van der Waals surface area contributed by atoms with Crippen LogP contribution in [0.2, 0.25) is 0 Å². The highest BCUT2D eigenvalue weighted by Gasteiger charge is 2.24. The van der Waals surface area contributed by atoms with Gasteiger partial charge in [0.25, 0.3) is 0 Å². The van der Waals surface area contributed by atoms with Crippen molar-refractivity contribution in [3.8, 4) is 0 Å². The maximum absolute atomic E-state index is 12.9. The maximum Gasteiger partial charge on any atom is 0.239 e. The molecule has 23 heavy (non-hydrogen) atoms. The molecule has 1 unspecified atom stereocenters. The van der Waals surface area contributed by atoms with E-state index in [1.54, 1.807) is 12.1 Å². The highest BCUT2D eigenvalue weighted by Crippen LogP contribution is 2.29. The number of rotatable bonds is 4. The van der Waals surface area contributed by atoms with Crippen LogP contribution in [0.4, 0.5) is 10.1 Å². The van der Waals surface area contributed by atoms with E-state index in [0.29, 0.717) is 19.1 Å². The minimum Gasteiger partial charge on any atom is -0.359 e. The van der Waals surface area contributed by atoms with Crippen LogP contribution in [0.25, 0.3) is 0 Å². The van der Waals surface area contributed by atoms with Gasteiger partial charge in [0.1, 0.15) is 5.82 Å². The first-order valence-electron chi connectivity index (χ1n) is 7.99. The smallest absolute Gasteiger partial charge is 0.239 e. The summed E-state index contributed by atoms with van der Waals surface area (Å²) in [6.07, 6.45) is 2.12. The molecule has 1 aliphatic rings. The monoisotopic (exact) mass is 312 g/mol. The van der Waals surface area contributed by atoms with Crippen molar-refractivity contribution in [2.75, 3.05) is 11.4 Å². The van der Waals surface area contributed by atoms with Gasteiger partial charge in [0.05, 0.1) is 6.54 Å². The number of carbonyl (C=O) groups is 1. The molecule has 0 spiro atoms. The lowest BCUT2D eigenvalue weighted by molar-refractivity contribution is -0.120. The average Bonchev–Trinajstić information content (AvgIpc) is 2.57. The van der Waals surface area contributed by atoms with Crippen LogP contribution < -0.4 is 10.2 Å². The minimum atomic E-state index is -0.265. The number of amides is 1. The van der Waals surface area contributed by atoms with Crippen molar-refractivity contribution in [1.82, 2.24) is 5.32 Å². The number of para-hydroxylation sites is 1. The molecule has 120 valence electrons. The summed E-state index contributed by atoms with van der Waals surface area (Å²) in [6.45, 7) is 2.92. The molecule has 0 fully saturated rings. The van der Waals surface area contributed by atoms with E-state index in [2.05, 4.69) is 29.3 Å². The number of nitrogens with one attached hydrogen (secondary N) is 1. The lowest BCUT2D eigenvalue weighted by atomic mass is 9.96. The molecule has 3 rings (SSSR count). The van der Waals surface area contributed by atoms with Crippen molar-refractivity contribution in [2.45, 2.75) is 32.4 Å². The lowest BCUT2D eigenvalue weighted by Gasteiger charge is -2.36. The van der Waals surface area contributed by atoms with Gasteiger partial charge in [-0.1, -0.05) is 30.3 Å². The predicted octanol–water partition coefficient (Wildman–Crippen LogP) is 3.28. The van der Waals surface area contributed by atoms with Gasteiger partial charge in [-0.25, -0.2) is 4.39 Å². The molecule has 1 aliphatic heterocycles. The molecule has 1 N–H and O–H groups in total. The third kappa shape index (κ3) is 3.70. The predicted molar refractivity (Wildman–Crippen MR) is 89.8 cm³/mol. The van der Waals surface area contributed by atoms with Crippen LogP contribution >= 0.6 is 0 Å². The molecular formula is C19H21FN2O. The number of anilines is 1. The molecule has 1 heterocycles. The number of hydrogen-bond donors (Lipinski definition) is 1. The van der Waals surface area contributed by atoms with Crippen LogP contribution in [0.5, 0.6) is 0 Å². The summed E-state index contributed by atoms with van der Waals surface area (Å²) in [7, 11) is 0. The number of nitrogens with zero attached hydrogens (tertiary/aromatic N) is 1. The van der Waals surface area contributed by atoms with Crippen molar-refractivity contribution in [1.29, 1.82) is 0 Å². The third-order valence-corrected chi connectivity index (χ3v) is 4.38. The van der Waals surface area contributed by atoms with E-state index >= 15 is 0 Å². The summed E-state index contributed by atoms with van der Waals surface area (Å²) >= 11 is 0. The number of fused-ring (bicyclic) bond motifs is 1. The SMILES string of the molecule is CC1CCc2ccccc2N1CC(=O)NCc1ccc(F)cc1. The van der Waals surface area contributed by atoms with Crippen LogP contribution in [0, 0.1) is 5.82 Å². The highest BCUT2D eigenvalue weighted by atomic mass is 19.1. The van der Waals surface area contributed by atoms with Gasteiger partial charge in [-0.15, -0.1) is 0 Å². The zero-order valence-electron chi connectivity index (χ0n) is 13.3. The Kier molecular flexibility index (Phi) is 4.60. The second kappa shape index (κ2) is 6.82. The first kappa shape index (κ1) is 15.5. The molecule has 1 atom stereocenters. The Labute approximate surface area is 136 Å². The van der Waals surface area contributed by atoms with Gasteiger partial charge in [0, 0.05) is 18.3 Å². The van der Waals surface area contributed by atoms with Gasteiger partial charge < -0.3 is 10.2 Å². The molecule has 0 saturated carbocycles. The molecule has 0 bridgehead atoms. The number of benzene rings is 2.